The quantitative estimate of drug-likeness (QED) is 0.905. The van der Waals surface area contributed by atoms with E-state index in [1.54, 1.807) is 25.3 Å². The third-order valence-electron chi connectivity index (χ3n) is 2.81. The maximum atomic E-state index is 11.0. The van der Waals surface area contributed by atoms with E-state index in [2.05, 4.69) is 26.2 Å². The molecule has 0 radical (unpaired) electrons. The van der Waals surface area contributed by atoms with Gasteiger partial charge in [0.25, 0.3) is 0 Å². The highest BCUT2D eigenvalue weighted by Crippen LogP contribution is 2.19. The highest BCUT2D eigenvalue weighted by molar-refractivity contribution is 9.10. The Hall–Kier alpha value is -1.88. The Kier molecular flexibility index (Phi) is 4.16. The second-order valence-electron chi connectivity index (χ2n) is 4.10. The highest BCUT2D eigenvalue weighted by Gasteiger charge is 2.09. The number of benzene rings is 1. The summed E-state index contributed by atoms with van der Waals surface area (Å²) in [6.45, 7) is 2.35. The van der Waals surface area contributed by atoms with Crippen molar-refractivity contribution in [2.24, 2.45) is 0 Å². The lowest BCUT2D eigenvalue weighted by Gasteiger charge is -2.11. The Labute approximate surface area is 119 Å². The summed E-state index contributed by atoms with van der Waals surface area (Å²) in [5.41, 5.74) is 2.74. The summed E-state index contributed by atoms with van der Waals surface area (Å²) < 4.78 is 0.931. The third-order valence-corrected chi connectivity index (χ3v) is 3.28. The molecule has 2 aromatic rings. The molecule has 0 fully saturated rings. The van der Waals surface area contributed by atoms with Crippen molar-refractivity contribution in [1.29, 1.82) is 0 Å². The van der Waals surface area contributed by atoms with Gasteiger partial charge >= 0.3 is 5.97 Å². The molecule has 0 saturated heterocycles. The molecule has 0 spiro atoms. The third kappa shape index (κ3) is 3.32. The predicted octanol–water partition coefficient (Wildman–Crippen LogP) is 3.46. The van der Waals surface area contributed by atoms with Gasteiger partial charge in [0, 0.05) is 16.4 Å². The van der Waals surface area contributed by atoms with E-state index in [-0.39, 0.29) is 0 Å². The maximum absolute atomic E-state index is 11.0. The van der Waals surface area contributed by atoms with Gasteiger partial charge in [0.15, 0.2) is 0 Å². The van der Waals surface area contributed by atoms with Crippen LogP contribution in [0.2, 0.25) is 0 Å². The van der Waals surface area contributed by atoms with E-state index in [1.165, 1.54) is 0 Å². The van der Waals surface area contributed by atoms with Crippen molar-refractivity contribution in [2.45, 2.75) is 13.5 Å². The number of aromatic carboxylic acids is 1. The molecule has 0 atom stereocenters. The van der Waals surface area contributed by atoms with Crippen LogP contribution >= 0.6 is 15.9 Å². The molecule has 0 unspecified atom stereocenters. The monoisotopic (exact) mass is 320 g/mol. The molecule has 0 saturated carbocycles. The van der Waals surface area contributed by atoms with Gasteiger partial charge in [0.2, 0.25) is 0 Å². The fraction of sp³-hybridized carbons (Fsp3) is 0.143. The number of nitrogens with zero attached hydrogens (tertiary/aromatic N) is 1. The SMILES string of the molecule is Cc1c(NCc2ccc(Br)cn2)cccc1C(=O)O. The highest BCUT2D eigenvalue weighted by atomic mass is 79.9. The second-order valence-corrected chi connectivity index (χ2v) is 5.02. The molecule has 0 aliphatic rings. The standard InChI is InChI=1S/C14H13BrN2O2/c1-9-12(14(18)19)3-2-4-13(9)17-8-11-6-5-10(15)7-16-11/h2-7,17H,8H2,1H3,(H,18,19). The van der Waals surface area contributed by atoms with Crippen LogP contribution in [0.15, 0.2) is 41.0 Å². The van der Waals surface area contributed by atoms with Gasteiger partial charge in [-0.3, -0.25) is 4.98 Å². The van der Waals surface area contributed by atoms with Crippen molar-refractivity contribution >= 4 is 27.6 Å². The number of carboxylic acid groups (broad SMARTS) is 1. The molecule has 0 bridgehead atoms. The van der Waals surface area contributed by atoms with Crippen LogP contribution in [-0.4, -0.2) is 16.1 Å². The number of pyridine rings is 1. The average Bonchev–Trinajstić information content (AvgIpc) is 2.39. The zero-order valence-corrected chi connectivity index (χ0v) is 11.9. The first-order valence-corrected chi connectivity index (χ1v) is 6.54. The number of carboxylic acids is 1. The Morgan fingerprint density at radius 1 is 1.37 bits per heavy atom. The summed E-state index contributed by atoms with van der Waals surface area (Å²) >= 11 is 3.33. The lowest BCUT2D eigenvalue weighted by Crippen LogP contribution is -2.06. The first kappa shape index (κ1) is 13.5. The number of hydrogen-bond acceptors (Lipinski definition) is 3. The van der Waals surface area contributed by atoms with Crippen LogP contribution in [0.25, 0.3) is 0 Å². The van der Waals surface area contributed by atoms with Gasteiger partial charge in [-0.15, -0.1) is 0 Å². The Morgan fingerprint density at radius 3 is 2.79 bits per heavy atom. The number of hydrogen-bond donors (Lipinski definition) is 2. The lowest BCUT2D eigenvalue weighted by molar-refractivity contribution is 0.0696. The number of anilines is 1. The van der Waals surface area contributed by atoms with Crippen LogP contribution < -0.4 is 5.32 Å². The molecule has 1 aromatic carbocycles. The normalized spacial score (nSPS) is 10.2. The first-order chi connectivity index (χ1) is 9.08. The summed E-state index contributed by atoms with van der Waals surface area (Å²) in [6, 6.07) is 9.02. The van der Waals surface area contributed by atoms with Gasteiger partial charge in [-0.2, -0.15) is 0 Å². The molecule has 0 aliphatic heterocycles. The number of aromatic nitrogens is 1. The van der Waals surface area contributed by atoms with Crippen LogP contribution in [0.4, 0.5) is 5.69 Å². The Balaban J connectivity index is 2.13. The van der Waals surface area contributed by atoms with Crippen molar-refractivity contribution in [1.82, 2.24) is 4.98 Å². The number of carbonyl (C=O) groups is 1. The molecule has 98 valence electrons. The van der Waals surface area contributed by atoms with Gasteiger partial charge < -0.3 is 10.4 Å². The Bertz CT molecular complexity index is 597. The van der Waals surface area contributed by atoms with Crippen molar-refractivity contribution in [2.75, 3.05) is 5.32 Å². The molecule has 2 rings (SSSR count). The molecular formula is C14H13BrN2O2. The van der Waals surface area contributed by atoms with E-state index in [0.717, 1.165) is 21.4 Å². The van der Waals surface area contributed by atoms with E-state index in [0.29, 0.717) is 12.1 Å². The average molecular weight is 321 g/mol. The maximum Gasteiger partial charge on any atom is 0.336 e. The minimum absolute atomic E-state index is 0.314. The minimum Gasteiger partial charge on any atom is -0.478 e. The van der Waals surface area contributed by atoms with E-state index < -0.39 is 5.97 Å². The van der Waals surface area contributed by atoms with Crippen LogP contribution in [0.5, 0.6) is 0 Å². The Morgan fingerprint density at radius 2 is 2.16 bits per heavy atom. The molecule has 0 aliphatic carbocycles. The molecule has 0 amide bonds. The summed E-state index contributed by atoms with van der Waals surface area (Å²) in [5, 5.41) is 12.3. The summed E-state index contributed by atoms with van der Waals surface area (Å²) in [6.07, 6.45) is 1.73. The lowest BCUT2D eigenvalue weighted by atomic mass is 10.1. The first-order valence-electron chi connectivity index (χ1n) is 5.75. The van der Waals surface area contributed by atoms with Crippen LogP contribution in [-0.2, 0) is 6.54 Å². The zero-order valence-electron chi connectivity index (χ0n) is 10.4. The van der Waals surface area contributed by atoms with E-state index in [9.17, 15) is 4.79 Å². The molecule has 5 heteroatoms. The number of nitrogens with one attached hydrogen (secondary N) is 1. The van der Waals surface area contributed by atoms with Crippen molar-refractivity contribution in [3.05, 3.63) is 57.8 Å². The fourth-order valence-electron chi connectivity index (χ4n) is 1.76. The van der Waals surface area contributed by atoms with E-state index >= 15 is 0 Å². The minimum atomic E-state index is -0.914. The van der Waals surface area contributed by atoms with Gasteiger partial charge in [-0.1, -0.05) is 6.07 Å². The van der Waals surface area contributed by atoms with Crippen LogP contribution in [0, 0.1) is 6.92 Å². The fourth-order valence-corrected chi connectivity index (χ4v) is 1.99. The van der Waals surface area contributed by atoms with E-state index in [4.69, 9.17) is 5.11 Å². The summed E-state index contributed by atoms with van der Waals surface area (Å²) in [4.78, 5) is 15.3. The molecule has 19 heavy (non-hydrogen) atoms. The molecule has 1 aromatic heterocycles. The second kappa shape index (κ2) is 5.84. The van der Waals surface area contributed by atoms with E-state index in [1.807, 2.05) is 18.2 Å². The topological polar surface area (TPSA) is 62.2 Å². The van der Waals surface area contributed by atoms with Crippen LogP contribution in [0.1, 0.15) is 21.6 Å². The molecule has 4 nitrogen and oxygen atoms in total. The largest absolute Gasteiger partial charge is 0.478 e. The molecule has 2 N–H and O–H groups in total. The van der Waals surface area contributed by atoms with Gasteiger partial charge in [-0.25, -0.2) is 4.79 Å². The van der Waals surface area contributed by atoms with Gasteiger partial charge in [0.05, 0.1) is 17.8 Å². The number of rotatable bonds is 4. The smallest absolute Gasteiger partial charge is 0.336 e. The molecule has 1 heterocycles. The predicted molar refractivity (Wildman–Crippen MR) is 77.4 cm³/mol. The summed E-state index contributed by atoms with van der Waals surface area (Å²) in [7, 11) is 0. The van der Waals surface area contributed by atoms with Gasteiger partial charge in [0.1, 0.15) is 0 Å². The van der Waals surface area contributed by atoms with Crippen LogP contribution in [0.3, 0.4) is 0 Å². The van der Waals surface area contributed by atoms with Crippen molar-refractivity contribution in [3.8, 4) is 0 Å². The van der Waals surface area contributed by atoms with Crippen molar-refractivity contribution < 1.29 is 9.90 Å². The molecular weight excluding hydrogens is 308 g/mol. The summed E-state index contributed by atoms with van der Waals surface area (Å²) in [5.74, 6) is -0.914. The number of halogens is 1. The van der Waals surface area contributed by atoms with Gasteiger partial charge in [-0.05, 0) is 52.7 Å². The zero-order chi connectivity index (χ0) is 13.8. The van der Waals surface area contributed by atoms with Crippen molar-refractivity contribution in [3.63, 3.8) is 0 Å².